The molecule has 2 heterocycles. The van der Waals surface area contributed by atoms with Crippen LogP contribution in [0.4, 0.5) is 4.79 Å². The van der Waals surface area contributed by atoms with Crippen LogP contribution in [0.25, 0.3) is 0 Å². The van der Waals surface area contributed by atoms with Crippen LogP contribution in [0.1, 0.15) is 60.3 Å². The van der Waals surface area contributed by atoms with Crippen LogP contribution in [0.3, 0.4) is 0 Å². The predicted molar refractivity (Wildman–Crippen MR) is 133 cm³/mol. The Labute approximate surface area is 219 Å². The molecule has 1 saturated carbocycles. The predicted octanol–water partition coefficient (Wildman–Crippen LogP) is -0.667. The quantitative estimate of drug-likeness (QED) is 0.228. The zero-order chi connectivity index (χ0) is 27.7. The van der Waals surface area contributed by atoms with E-state index in [0.717, 1.165) is 19.3 Å². The highest BCUT2D eigenvalue weighted by Crippen LogP contribution is 2.39. The number of amides is 1. The number of rotatable bonds is 6. The van der Waals surface area contributed by atoms with Crippen molar-refractivity contribution in [2.24, 2.45) is 23.3 Å². The summed E-state index contributed by atoms with van der Waals surface area (Å²) in [6.07, 6.45) is -5.40. The van der Waals surface area contributed by atoms with Gasteiger partial charge in [0.05, 0.1) is 31.0 Å². The van der Waals surface area contributed by atoms with Gasteiger partial charge in [0.25, 0.3) is 0 Å². The Kier molecular flexibility index (Phi) is 10.2. The lowest BCUT2D eigenvalue weighted by Crippen LogP contribution is -2.68. The number of nitrogens with two attached hydrogens (primary N) is 2. The molecule has 0 bridgehead atoms. The summed E-state index contributed by atoms with van der Waals surface area (Å²) in [5.41, 5.74) is 11.7. The van der Waals surface area contributed by atoms with Gasteiger partial charge in [0.15, 0.2) is 6.29 Å². The van der Waals surface area contributed by atoms with E-state index in [2.05, 4.69) is 12.2 Å². The molecule has 13 atom stereocenters. The third-order valence-corrected chi connectivity index (χ3v) is 7.76. The molecule has 0 aromatic carbocycles. The van der Waals surface area contributed by atoms with Gasteiger partial charge in [-0.05, 0) is 52.4 Å². The summed E-state index contributed by atoms with van der Waals surface area (Å²) >= 11 is 0. The fourth-order valence-corrected chi connectivity index (χ4v) is 5.70. The topological polar surface area (TPSA) is 199 Å². The molecule has 12 heteroatoms. The van der Waals surface area contributed by atoms with E-state index < -0.39 is 85.3 Å². The van der Waals surface area contributed by atoms with Crippen molar-refractivity contribution in [1.82, 2.24) is 5.32 Å². The Hall–Kier alpha value is -1.09. The lowest BCUT2D eigenvalue weighted by molar-refractivity contribution is -0.306. The molecule has 216 valence electrons. The van der Waals surface area contributed by atoms with E-state index >= 15 is 0 Å². The standard InChI is InChI=1S/C25H47N3O9/c1-6-12-8-7-11(2)21(34-12)16-14(28-24(33)37-25(3,4)5)9-13(26)22(19(16)31)36-23-20(32)17(27)18(30)15(10-29)35-23/h11-23,29-32H,6-10,26-27H2,1-5H3,(H,28,33). The maximum atomic E-state index is 12.7. The first-order valence-corrected chi connectivity index (χ1v) is 13.4. The number of aliphatic hydroxyl groups is 4. The summed E-state index contributed by atoms with van der Waals surface area (Å²) in [6, 6.07) is -2.44. The summed E-state index contributed by atoms with van der Waals surface area (Å²) in [7, 11) is 0. The summed E-state index contributed by atoms with van der Waals surface area (Å²) in [5, 5.41) is 44.9. The molecule has 0 aromatic heterocycles. The van der Waals surface area contributed by atoms with Gasteiger partial charge in [0.2, 0.25) is 0 Å². The van der Waals surface area contributed by atoms with Crippen molar-refractivity contribution in [3.8, 4) is 0 Å². The van der Waals surface area contributed by atoms with Crippen LogP contribution in [-0.2, 0) is 18.9 Å². The van der Waals surface area contributed by atoms with E-state index in [0.29, 0.717) is 0 Å². The molecule has 12 nitrogen and oxygen atoms in total. The molecule has 2 saturated heterocycles. The Morgan fingerprint density at radius 2 is 1.76 bits per heavy atom. The number of hydrogen-bond donors (Lipinski definition) is 7. The Bertz CT molecular complexity index is 751. The van der Waals surface area contributed by atoms with E-state index in [1.54, 1.807) is 20.8 Å². The molecule has 0 radical (unpaired) electrons. The van der Waals surface area contributed by atoms with Crippen molar-refractivity contribution in [1.29, 1.82) is 0 Å². The monoisotopic (exact) mass is 533 g/mol. The number of aliphatic hydroxyl groups excluding tert-OH is 4. The van der Waals surface area contributed by atoms with Crippen LogP contribution in [0, 0.1) is 11.8 Å². The van der Waals surface area contributed by atoms with Crippen LogP contribution >= 0.6 is 0 Å². The molecule has 9 N–H and O–H groups in total. The number of nitrogens with one attached hydrogen (secondary N) is 1. The molecule has 3 aliphatic rings. The van der Waals surface area contributed by atoms with Crippen LogP contribution in [0.2, 0.25) is 0 Å². The summed E-state index contributed by atoms with van der Waals surface area (Å²) in [5.74, 6) is -0.491. The van der Waals surface area contributed by atoms with Crippen molar-refractivity contribution in [3.63, 3.8) is 0 Å². The molecule has 2 aliphatic heterocycles. The lowest BCUT2D eigenvalue weighted by Gasteiger charge is -2.51. The maximum absolute atomic E-state index is 12.7. The fraction of sp³-hybridized carbons (Fsp3) is 0.960. The van der Waals surface area contributed by atoms with Gasteiger partial charge in [0.1, 0.15) is 30.0 Å². The minimum Gasteiger partial charge on any atom is -0.444 e. The SMILES string of the molecule is CCC1CCC(C)C(C2C(NC(=O)OC(C)(C)C)CC(N)C(OC3OC(CO)C(O)C(N)C3O)C2O)O1. The van der Waals surface area contributed by atoms with E-state index in [1.807, 2.05) is 6.92 Å². The molecule has 1 aliphatic carbocycles. The number of hydrogen-bond acceptors (Lipinski definition) is 11. The highest BCUT2D eigenvalue weighted by atomic mass is 16.7. The van der Waals surface area contributed by atoms with Crippen molar-refractivity contribution in [2.75, 3.05) is 6.61 Å². The van der Waals surface area contributed by atoms with Crippen LogP contribution in [0.5, 0.6) is 0 Å². The minimum atomic E-state index is -1.41. The second-order valence-corrected chi connectivity index (χ2v) is 11.8. The fourth-order valence-electron chi connectivity index (χ4n) is 5.70. The zero-order valence-electron chi connectivity index (χ0n) is 22.5. The molecular weight excluding hydrogens is 486 g/mol. The summed E-state index contributed by atoms with van der Waals surface area (Å²) in [6.45, 7) is 8.87. The minimum absolute atomic E-state index is 0.0267. The molecule has 37 heavy (non-hydrogen) atoms. The first-order chi connectivity index (χ1) is 17.3. The molecule has 1 amide bonds. The molecule has 3 rings (SSSR count). The van der Waals surface area contributed by atoms with Crippen molar-refractivity contribution < 1.29 is 44.2 Å². The largest absolute Gasteiger partial charge is 0.444 e. The third kappa shape index (κ3) is 7.11. The highest BCUT2D eigenvalue weighted by molar-refractivity contribution is 5.68. The van der Waals surface area contributed by atoms with Gasteiger partial charge in [-0.3, -0.25) is 0 Å². The van der Waals surface area contributed by atoms with Crippen molar-refractivity contribution in [2.45, 2.75) is 133 Å². The average Bonchev–Trinajstić information content (AvgIpc) is 2.81. The van der Waals surface area contributed by atoms with Gasteiger partial charge >= 0.3 is 6.09 Å². The van der Waals surface area contributed by atoms with Crippen LogP contribution < -0.4 is 16.8 Å². The number of carbonyl (C=O) groups excluding carboxylic acids is 1. The Morgan fingerprint density at radius 3 is 2.35 bits per heavy atom. The van der Waals surface area contributed by atoms with E-state index in [9.17, 15) is 25.2 Å². The van der Waals surface area contributed by atoms with E-state index in [1.165, 1.54) is 0 Å². The van der Waals surface area contributed by atoms with Crippen molar-refractivity contribution in [3.05, 3.63) is 0 Å². The van der Waals surface area contributed by atoms with Gasteiger partial charge in [-0.25, -0.2) is 4.79 Å². The van der Waals surface area contributed by atoms with Gasteiger partial charge in [0, 0.05) is 18.0 Å². The maximum Gasteiger partial charge on any atom is 0.407 e. The van der Waals surface area contributed by atoms with Crippen LogP contribution in [0.15, 0.2) is 0 Å². The number of carbonyl (C=O) groups is 1. The molecule has 0 spiro atoms. The zero-order valence-corrected chi connectivity index (χ0v) is 22.5. The Balaban J connectivity index is 1.85. The summed E-state index contributed by atoms with van der Waals surface area (Å²) in [4.78, 5) is 12.7. The second kappa shape index (κ2) is 12.4. The van der Waals surface area contributed by atoms with E-state index in [4.69, 9.17) is 30.4 Å². The first kappa shape index (κ1) is 30.5. The normalized spacial score (nSPS) is 45.3. The molecular formula is C25H47N3O9. The van der Waals surface area contributed by atoms with Crippen LogP contribution in [-0.4, -0.2) is 106 Å². The first-order valence-electron chi connectivity index (χ1n) is 13.4. The highest BCUT2D eigenvalue weighted by Gasteiger charge is 2.53. The average molecular weight is 534 g/mol. The van der Waals surface area contributed by atoms with Gasteiger partial charge < -0.3 is 56.2 Å². The molecule has 0 aromatic rings. The molecule has 3 fully saturated rings. The van der Waals surface area contributed by atoms with Crippen molar-refractivity contribution >= 4 is 6.09 Å². The number of ether oxygens (including phenoxy) is 4. The lowest BCUT2D eigenvalue weighted by atomic mass is 9.70. The van der Waals surface area contributed by atoms with Gasteiger partial charge in [-0.15, -0.1) is 0 Å². The van der Waals surface area contributed by atoms with Gasteiger partial charge in [-0.2, -0.15) is 0 Å². The summed E-state index contributed by atoms with van der Waals surface area (Å²) < 4.78 is 23.5. The Morgan fingerprint density at radius 1 is 1.08 bits per heavy atom. The second-order valence-electron chi connectivity index (χ2n) is 11.8. The third-order valence-electron chi connectivity index (χ3n) is 7.76. The number of alkyl carbamates (subject to hydrolysis) is 1. The molecule has 13 unspecified atom stereocenters. The van der Waals surface area contributed by atoms with E-state index in [-0.39, 0.29) is 18.4 Å². The van der Waals surface area contributed by atoms with Gasteiger partial charge in [-0.1, -0.05) is 13.8 Å². The smallest absolute Gasteiger partial charge is 0.407 e.